The molecule has 3 N–H and O–H groups in total. The number of piperazine rings is 1. The Kier molecular flexibility index (Phi) is 9.06. The minimum absolute atomic E-state index is 0.00231. The number of rotatable bonds is 4. The molecule has 234 valence electrons. The highest BCUT2D eigenvalue weighted by molar-refractivity contribution is 5.77. The number of para-hydroxylation sites is 3. The lowest BCUT2D eigenvalue weighted by molar-refractivity contribution is 0.146. The van der Waals surface area contributed by atoms with Crippen LogP contribution >= 0.6 is 0 Å². The SMILES string of the molecule is N#CN1CC[C@@H](NC(=O)N2CC(c3nc4ccccc4[nH]3)C2)C1.N#CN1CC[C@@H](NC(=O)N2CCN(c3ccccc3)CC2)C1. The van der Waals surface area contributed by atoms with Gasteiger partial charge in [-0.2, -0.15) is 10.5 Å². The smallest absolute Gasteiger partial charge is 0.317 e. The van der Waals surface area contributed by atoms with Crippen molar-refractivity contribution in [3.05, 3.63) is 60.4 Å². The van der Waals surface area contributed by atoms with Crippen LogP contribution in [0.25, 0.3) is 11.0 Å². The van der Waals surface area contributed by atoms with Crippen molar-refractivity contribution < 1.29 is 9.59 Å². The molecule has 5 heterocycles. The summed E-state index contributed by atoms with van der Waals surface area (Å²) < 4.78 is 0. The van der Waals surface area contributed by atoms with E-state index >= 15 is 0 Å². The molecule has 0 radical (unpaired) electrons. The van der Waals surface area contributed by atoms with Gasteiger partial charge in [0, 0.05) is 71.1 Å². The summed E-state index contributed by atoms with van der Waals surface area (Å²) in [6, 6.07) is 18.4. The van der Waals surface area contributed by atoms with Crippen molar-refractivity contribution in [2.24, 2.45) is 0 Å². The van der Waals surface area contributed by atoms with E-state index in [4.69, 9.17) is 10.5 Å². The van der Waals surface area contributed by atoms with Gasteiger partial charge >= 0.3 is 12.1 Å². The van der Waals surface area contributed by atoms with Crippen molar-refractivity contribution in [3.63, 3.8) is 0 Å². The third-order valence-corrected chi connectivity index (χ3v) is 8.97. The molecule has 0 aliphatic carbocycles. The summed E-state index contributed by atoms with van der Waals surface area (Å²) in [5.74, 6) is 1.22. The van der Waals surface area contributed by atoms with Crippen LogP contribution in [0.4, 0.5) is 15.3 Å². The minimum Gasteiger partial charge on any atom is -0.368 e. The Morgan fingerprint density at radius 2 is 1.31 bits per heavy atom. The van der Waals surface area contributed by atoms with Gasteiger partial charge in [-0.25, -0.2) is 14.6 Å². The molecule has 4 aliphatic heterocycles. The Labute approximate surface area is 263 Å². The maximum atomic E-state index is 12.3. The monoisotopic (exact) mass is 609 g/mol. The molecule has 3 aromatic rings. The number of benzene rings is 2. The van der Waals surface area contributed by atoms with Crippen LogP contribution in [0.5, 0.6) is 0 Å². The fraction of sp³-hybridized carbons (Fsp3) is 0.469. The van der Waals surface area contributed by atoms with Gasteiger partial charge < -0.3 is 40.1 Å². The number of hydrogen-bond donors (Lipinski definition) is 3. The zero-order chi connectivity index (χ0) is 31.2. The van der Waals surface area contributed by atoms with Crippen LogP contribution in [0.1, 0.15) is 24.6 Å². The summed E-state index contributed by atoms with van der Waals surface area (Å²) in [5, 5.41) is 23.7. The molecule has 0 bridgehead atoms. The second-order valence-corrected chi connectivity index (χ2v) is 12.0. The first-order chi connectivity index (χ1) is 22.0. The summed E-state index contributed by atoms with van der Waals surface area (Å²) in [5.41, 5.74) is 3.21. The summed E-state index contributed by atoms with van der Waals surface area (Å²) in [7, 11) is 0. The average molecular weight is 610 g/mol. The van der Waals surface area contributed by atoms with Gasteiger partial charge in [0.1, 0.15) is 5.82 Å². The topological polar surface area (TPSA) is 151 Å². The maximum absolute atomic E-state index is 12.3. The fourth-order valence-corrected chi connectivity index (χ4v) is 6.26. The molecule has 2 atom stereocenters. The predicted octanol–water partition coefficient (Wildman–Crippen LogP) is 2.30. The highest BCUT2D eigenvalue weighted by atomic mass is 16.2. The molecule has 4 fully saturated rings. The minimum atomic E-state index is -0.0397. The largest absolute Gasteiger partial charge is 0.368 e. The van der Waals surface area contributed by atoms with Crippen molar-refractivity contribution >= 4 is 28.8 Å². The quantitative estimate of drug-likeness (QED) is 0.382. The first-order valence-electron chi connectivity index (χ1n) is 15.6. The Hall–Kier alpha value is -5.17. The molecule has 0 unspecified atom stereocenters. The van der Waals surface area contributed by atoms with E-state index in [0.29, 0.717) is 26.2 Å². The number of carbonyl (C=O) groups excluding carboxylic acids is 2. The van der Waals surface area contributed by atoms with Gasteiger partial charge in [0.2, 0.25) is 0 Å². The van der Waals surface area contributed by atoms with Gasteiger partial charge in [0.15, 0.2) is 12.4 Å². The molecule has 2 aromatic carbocycles. The summed E-state index contributed by atoms with van der Waals surface area (Å²) in [4.78, 5) is 41.8. The molecular weight excluding hydrogens is 570 g/mol. The number of fused-ring (bicyclic) bond motifs is 1. The predicted molar refractivity (Wildman–Crippen MR) is 169 cm³/mol. The molecule has 4 saturated heterocycles. The second kappa shape index (κ2) is 13.6. The number of amides is 4. The lowest BCUT2D eigenvalue weighted by Gasteiger charge is -2.38. The van der Waals surface area contributed by atoms with Gasteiger partial charge in [-0.05, 0) is 37.1 Å². The highest BCUT2D eigenvalue weighted by Gasteiger charge is 2.35. The van der Waals surface area contributed by atoms with E-state index in [9.17, 15) is 9.59 Å². The summed E-state index contributed by atoms with van der Waals surface area (Å²) in [6.07, 6.45) is 5.94. The van der Waals surface area contributed by atoms with E-state index in [1.165, 1.54) is 5.69 Å². The van der Waals surface area contributed by atoms with Crippen LogP contribution in [-0.2, 0) is 0 Å². The van der Waals surface area contributed by atoms with Crippen molar-refractivity contribution in [1.29, 1.82) is 10.5 Å². The van der Waals surface area contributed by atoms with Crippen LogP contribution in [0.15, 0.2) is 54.6 Å². The van der Waals surface area contributed by atoms with Crippen molar-refractivity contribution in [3.8, 4) is 12.4 Å². The number of imidazole rings is 1. The Morgan fingerprint density at radius 1 is 0.733 bits per heavy atom. The number of anilines is 1. The van der Waals surface area contributed by atoms with Gasteiger partial charge in [0.05, 0.1) is 29.0 Å². The molecular formula is C32H39N11O2. The van der Waals surface area contributed by atoms with E-state index in [-0.39, 0.29) is 30.1 Å². The first kappa shape index (κ1) is 29.9. The Bertz CT molecular complexity index is 1520. The lowest BCUT2D eigenvalue weighted by Crippen LogP contribution is -2.55. The zero-order valence-electron chi connectivity index (χ0n) is 25.3. The van der Waals surface area contributed by atoms with Crippen LogP contribution in [0.3, 0.4) is 0 Å². The van der Waals surface area contributed by atoms with Crippen molar-refractivity contribution in [1.82, 2.24) is 40.2 Å². The van der Waals surface area contributed by atoms with E-state index in [1.807, 2.05) is 47.4 Å². The molecule has 45 heavy (non-hydrogen) atoms. The molecule has 4 amide bonds. The van der Waals surface area contributed by atoms with Crippen molar-refractivity contribution in [2.75, 3.05) is 70.3 Å². The summed E-state index contributed by atoms with van der Waals surface area (Å²) >= 11 is 0. The fourth-order valence-electron chi connectivity index (χ4n) is 6.26. The number of nitriles is 2. The molecule has 1 aromatic heterocycles. The normalized spacial score (nSPS) is 21.4. The number of carbonyl (C=O) groups is 2. The molecule has 0 spiro atoms. The standard InChI is InChI=1S/C16H18N6O.C16H21N5O/c17-10-21-6-5-12(9-21)18-16(23)22-7-11(8-22)15-19-13-3-1-2-4-14(13)20-15;17-13-19-7-6-14(12-19)18-16(22)21-10-8-20(9-11-21)15-4-2-1-3-5-15/h1-4,11-12H,5-9H2,(H,18,23)(H,19,20);1-5,14H,6-12H2,(H,18,22)/t12-;14-/m11/s1. The maximum Gasteiger partial charge on any atom is 0.317 e. The summed E-state index contributed by atoms with van der Waals surface area (Å²) in [6.45, 7) is 7.24. The number of nitrogens with zero attached hydrogens (tertiary/aromatic N) is 8. The van der Waals surface area contributed by atoms with Crippen LogP contribution in [-0.4, -0.2) is 119 Å². The van der Waals surface area contributed by atoms with Crippen molar-refractivity contribution in [2.45, 2.75) is 30.8 Å². The number of H-pyrrole nitrogens is 1. The number of hydrogen-bond acceptors (Lipinski definition) is 8. The van der Waals surface area contributed by atoms with E-state index < -0.39 is 0 Å². The Morgan fingerprint density at radius 3 is 1.89 bits per heavy atom. The van der Waals surface area contributed by atoms with Gasteiger partial charge in [-0.15, -0.1) is 0 Å². The molecule has 7 rings (SSSR count). The second-order valence-electron chi connectivity index (χ2n) is 12.0. The first-order valence-corrected chi connectivity index (χ1v) is 15.6. The number of aromatic nitrogens is 2. The van der Waals surface area contributed by atoms with E-state index in [2.05, 4.69) is 50.0 Å². The molecule has 0 saturated carbocycles. The number of likely N-dealkylation sites (tertiary alicyclic amines) is 3. The number of nitrogens with one attached hydrogen (secondary N) is 3. The molecule has 13 heteroatoms. The number of urea groups is 2. The average Bonchev–Trinajstić information content (AvgIpc) is 3.81. The van der Waals surface area contributed by atoms with Crippen LogP contribution in [0.2, 0.25) is 0 Å². The lowest BCUT2D eigenvalue weighted by atomic mass is 10.00. The third-order valence-electron chi connectivity index (χ3n) is 8.97. The van der Waals surface area contributed by atoms with E-state index in [1.54, 1.807) is 14.7 Å². The van der Waals surface area contributed by atoms with E-state index in [0.717, 1.165) is 69.0 Å². The molecule has 13 nitrogen and oxygen atoms in total. The van der Waals surface area contributed by atoms with Gasteiger partial charge in [-0.3, -0.25) is 0 Å². The Balaban J connectivity index is 0.000000159. The van der Waals surface area contributed by atoms with Gasteiger partial charge in [-0.1, -0.05) is 30.3 Å². The van der Waals surface area contributed by atoms with Crippen LogP contribution < -0.4 is 15.5 Å². The van der Waals surface area contributed by atoms with Gasteiger partial charge in [0.25, 0.3) is 0 Å². The molecule has 4 aliphatic rings. The number of aromatic amines is 1. The third kappa shape index (κ3) is 7.15. The highest BCUT2D eigenvalue weighted by Crippen LogP contribution is 2.27. The van der Waals surface area contributed by atoms with Crippen LogP contribution in [0, 0.1) is 22.9 Å². The zero-order valence-corrected chi connectivity index (χ0v) is 25.3.